The first-order chi connectivity index (χ1) is 47.4. The molecule has 1 unspecified atom stereocenters. The molecule has 0 amide bonds. The monoisotopic (exact) mass is 1500 g/mol. The second kappa shape index (κ2) is 48.1. The van der Waals surface area contributed by atoms with Gasteiger partial charge < -0.3 is 26.0 Å². The van der Waals surface area contributed by atoms with Gasteiger partial charge in [0.15, 0.2) is 0 Å². The summed E-state index contributed by atoms with van der Waals surface area (Å²) in [5.74, 6) is 3.49. The van der Waals surface area contributed by atoms with Crippen molar-refractivity contribution in [2.24, 2.45) is 9.98 Å². The number of benzene rings is 8. The van der Waals surface area contributed by atoms with Gasteiger partial charge in [-0.2, -0.15) is 19.4 Å². The van der Waals surface area contributed by atoms with Crippen LogP contribution in [-0.2, 0) is 41.8 Å². The van der Waals surface area contributed by atoms with E-state index in [4.69, 9.17) is 25.4 Å². The Balaban J connectivity index is 0.000000460. The van der Waals surface area contributed by atoms with Crippen molar-refractivity contribution in [3.05, 3.63) is 281 Å². The van der Waals surface area contributed by atoms with E-state index < -0.39 is 0 Å². The Labute approximate surface area is 649 Å². The van der Waals surface area contributed by atoms with Crippen molar-refractivity contribution in [2.75, 3.05) is 13.2 Å². The third kappa shape index (κ3) is 32.9. The molecule has 0 aromatic heterocycles. The average molecular weight is 1500 g/mol. The van der Waals surface area contributed by atoms with Gasteiger partial charge in [-0.3, -0.25) is 9.98 Å². The normalized spacial score (nSPS) is 12.4. The van der Waals surface area contributed by atoms with Crippen LogP contribution >= 0.6 is 23.1 Å². The number of hydrogen-bond donors (Lipinski definition) is 0. The van der Waals surface area contributed by atoms with Crippen LogP contribution in [0, 0.1) is 27.7 Å². The van der Waals surface area contributed by atoms with Crippen molar-refractivity contribution in [2.45, 2.75) is 227 Å². The predicted molar refractivity (Wildman–Crippen MR) is 452 cm³/mol. The summed E-state index contributed by atoms with van der Waals surface area (Å²) in [6, 6.07) is 59.2. The van der Waals surface area contributed by atoms with E-state index in [1.807, 2.05) is 62.4 Å². The number of para-hydroxylation sites is 4. The largest absolute Gasteiger partial charge is 2.00 e. The van der Waals surface area contributed by atoms with E-state index in [9.17, 15) is 0 Å². The molecule has 9 rings (SSSR count). The van der Waals surface area contributed by atoms with Gasteiger partial charge in [0, 0.05) is 43.2 Å². The zero-order valence-corrected chi connectivity index (χ0v) is 72.3. The van der Waals surface area contributed by atoms with Crippen LogP contribution in [0.15, 0.2) is 203 Å². The van der Waals surface area contributed by atoms with Crippen LogP contribution in [0.5, 0.6) is 0 Å². The van der Waals surface area contributed by atoms with Crippen molar-refractivity contribution < 1.29 is 41.8 Å². The number of ether oxygens (including phenoxy) is 1. The van der Waals surface area contributed by atoms with Gasteiger partial charge in [0.25, 0.3) is 0 Å². The molecule has 0 N–H and O–H groups in total. The van der Waals surface area contributed by atoms with E-state index in [0.29, 0.717) is 47.3 Å². The molecule has 8 aromatic rings. The Kier molecular flexibility index (Phi) is 43.4. The molecule has 7 nitrogen and oxygen atoms in total. The molecular formula is C90H121N6OP3V2-2. The predicted octanol–water partition coefficient (Wildman–Crippen LogP) is 32.4. The molecule has 0 saturated heterocycles. The first kappa shape index (κ1) is 92.0. The third-order valence-electron chi connectivity index (χ3n) is 16.5. The standard InChI is InChI=1S/2C29H41N2.2C14H14N.C4H10O.HP3.2V/c2*1-18(2)24-13-11-14-25(19(3)4)28(24)30-22(9)17-23(10)31-29-26(20(5)6)15-12-16-27(29)21(7)8;2*1-11-3-7-13(8-4-11)15-14-9-5-12(2)6-10-14;1-3-5-4-2;1-2-3-1;;/h2*11-21H,1-10H3;2*3-10H,1-2H3;3-4H2,1-2H3;1H;;/q4*-1;;;;+2/b2*22-17-,31-23?;;;;;;. The van der Waals surface area contributed by atoms with Crippen LogP contribution in [0.25, 0.3) is 21.3 Å². The molecule has 544 valence electrons. The van der Waals surface area contributed by atoms with Gasteiger partial charge in [-0.25, -0.2) is 0 Å². The van der Waals surface area contributed by atoms with E-state index in [2.05, 4.69) is 310 Å². The maximum Gasteiger partial charge on any atom is 2.00 e. The minimum Gasteiger partial charge on any atom is -0.661 e. The molecule has 0 aliphatic carbocycles. The Hall–Kier alpha value is -6.06. The van der Waals surface area contributed by atoms with Crippen molar-refractivity contribution in [1.29, 1.82) is 0 Å². The summed E-state index contributed by atoms with van der Waals surface area (Å²) in [5, 5.41) is 19.2. The first-order valence-electron chi connectivity index (χ1n) is 36.3. The minimum absolute atomic E-state index is 0. The number of allylic oxidation sites excluding steroid dienone is 4. The summed E-state index contributed by atoms with van der Waals surface area (Å²) in [7, 11) is 4.61. The molecule has 2 radical (unpaired) electrons. The number of aliphatic imine (C=N–C) groups is 2. The number of nitrogens with zero attached hydrogens (tertiary/aromatic N) is 6. The summed E-state index contributed by atoms with van der Waals surface area (Å²) in [6.07, 6.45) is 4.23. The number of aryl methyl sites for hydroxylation is 4. The summed E-state index contributed by atoms with van der Waals surface area (Å²) < 4.78 is 4.83. The van der Waals surface area contributed by atoms with Gasteiger partial charge in [-0.05, 0) is 125 Å². The van der Waals surface area contributed by atoms with Crippen LogP contribution in [0.1, 0.15) is 266 Å². The Morgan fingerprint density at radius 2 is 0.569 bits per heavy atom. The van der Waals surface area contributed by atoms with E-state index >= 15 is 0 Å². The molecule has 1 atom stereocenters. The maximum absolute atomic E-state index is 5.08. The van der Waals surface area contributed by atoms with Crippen molar-refractivity contribution in [3.8, 4) is 0 Å². The van der Waals surface area contributed by atoms with Gasteiger partial charge in [0.05, 0.1) is 11.4 Å². The Morgan fingerprint density at radius 1 is 0.373 bits per heavy atom. The molecule has 1 aliphatic rings. The molecule has 1 heterocycles. The molecular weight excluding hydrogens is 1380 g/mol. The minimum atomic E-state index is 0. The third-order valence-corrected chi connectivity index (χ3v) is 19.1. The quantitative estimate of drug-likeness (QED) is 0.0491. The van der Waals surface area contributed by atoms with Crippen LogP contribution < -0.4 is 0 Å². The molecule has 12 heteroatoms. The van der Waals surface area contributed by atoms with E-state index in [1.165, 1.54) is 74.3 Å². The zero-order valence-electron chi connectivity index (χ0n) is 66.7. The van der Waals surface area contributed by atoms with Crippen LogP contribution in [-0.4, -0.2) is 24.6 Å². The molecule has 0 fully saturated rings. The molecule has 0 spiro atoms. The van der Waals surface area contributed by atoms with Gasteiger partial charge in [-0.1, -0.05) is 366 Å². The van der Waals surface area contributed by atoms with Crippen molar-refractivity contribution in [3.63, 3.8) is 0 Å². The SMILES string of the molecule is CC(/C=C(/C)[N-]c1c(C(C)C)cccc1C(C)C)=Nc1c(C(C)C)cccc1C(C)C.CC(/C=C(/C)[N-]c1c(C(C)C)cccc1C(C)C)=Nc1c(C(C)C)cccc1C(C)C.CCOCC.Cc1ccc([N-]c2ccc(C)cc2)cc1.Cc1ccc([N-]c2ccc(C)cc2)cc1.P1=[PH+][P-]1.[V+2].[V]. The van der Waals surface area contributed by atoms with Gasteiger partial charge >= 0.3 is 18.6 Å². The molecule has 8 aromatic carbocycles. The smallest absolute Gasteiger partial charge is 0.661 e. The van der Waals surface area contributed by atoms with Gasteiger partial charge in [-0.15, -0.1) is 34.1 Å². The zero-order chi connectivity index (χ0) is 74.2. The first-order valence-corrected chi connectivity index (χ1v) is 41.5. The Morgan fingerprint density at radius 3 is 0.735 bits per heavy atom. The van der Waals surface area contributed by atoms with Gasteiger partial charge in [0.2, 0.25) is 0 Å². The summed E-state index contributed by atoms with van der Waals surface area (Å²) in [6.45, 7) is 58.1. The number of hydrogen-bond acceptors (Lipinski definition) is 3. The summed E-state index contributed by atoms with van der Waals surface area (Å²) in [4.78, 5) is 10.2. The van der Waals surface area contributed by atoms with Crippen LogP contribution in [0.2, 0.25) is 0 Å². The maximum atomic E-state index is 5.08. The van der Waals surface area contributed by atoms with Crippen LogP contribution in [0.3, 0.4) is 0 Å². The molecule has 0 saturated carbocycles. The molecule has 102 heavy (non-hydrogen) atoms. The van der Waals surface area contributed by atoms with E-state index in [-0.39, 0.29) is 37.1 Å². The average Bonchev–Trinajstić information content (AvgIpc) is 1.13. The summed E-state index contributed by atoms with van der Waals surface area (Å²) in [5.41, 5.74) is 28.0. The van der Waals surface area contributed by atoms with E-state index in [1.54, 1.807) is 15.5 Å². The number of rotatable bonds is 22. The molecule has 0 bridgehead atoms. The van der Waals surface area contributed by atoms with E-state index in [0.717, 1.165) is 81.5 Å². The molecule has 1 aliphatic heterocycles. The fourth-order valence-electron chi connectivity index (χ4n) is 11.0. The summed E-state index contributed by atoms with van der Waals surface area (Å²) >= 11 is 0. The second-order valence-corrected chi connectivity index (χ2v) is 36.1. The fourth-order valence-corrected chi connectivity index (χ4v) is 11.0. The van der Waals surface area contributed by atoms with Crippen molar-refractivity contribution in [1.82, 2.24) is 0 Å². The van der Waals surface area contributed by atoms with Gasteiger partial charge in [0.1, 0.15) is 0 Å². The topological polar surface area (TPSA) is 90.3 Å². The second-order valence-electron chi connectivity index (χ2n) is 28.3. The Bertz CT molecular complexity index is 3460. The van der Waals surface area contributed by atoms with Crippen molar-refractivity contribution >= 4 is 80.0 Å². The van der Waals surface area contributed by atoms with Crippen LogP contribution in [0.4, 0.5) is 45.5 Å². The fraction of sp³-hybridized carbons (Fsp3) is 0.400.